The summed E-state index contributed by atoms with van der Waals surface area (Å²) in [6.45, 7) is 6.37. The summed E-state index contributed by atoms with van der Waals surface area (Å²) >= 11 is 0. The van der Waals surface area contributed by atoms with E-state index >= 15 is 0 Å². The predicted molar refractivity (Wildman–Crippen MR) is 112 cm³/mol. The summed E-state index contributed by atoms with van der Waals surface area (Å²) in [5.41, 5.74) is 2.38. The first-order chi connectivity index (χ1) is 14.2. The van der Waals surface area contributed by atoms with Gasteiger partial charge in [0.1, 0.15) is 0 Å². The van der Waals surface area contributed by atoms with Gasteiger partial charge in [-0.2, -0.15) is 0 Å². The van der Waals surface area contributed by atoms with Crippen LogP contribution in [0.15, 0.2) is 48.8 Å². The molecule has 0 atom stereocenters. The molecule has 0 unspecified atom stereocenters. The molecule has 0 saturated carbocycles. The van der Waals surface area contributed by atoms with Crippen molar-refractivity contribution in [1.82, 2.24) is 14.8 Å². The zero-order chi connectivity index (χ0) is 20.5. The summed E-state index contributed by atoms with van der Waals surface area (Å²) in [7, 11) is 0. The summed E-state index contributed by atoms with van der Waals surface area (Å²) < 4.78 is 5.19. The molecule has 7 heteroatoms. The Bertz CT molecular complexity index is 787. The number of hydrogen-bond acceptors (Lipinski definition) is 5. The second kappa shape index (κ2) is 10.6. The lowest BCUT2D eigenvalue weighted by Gasteiger charge is -2.34. The zero-order valence-electron chi connectivity index (χ0n) is 16.8. The first kappa shape index (κ1) is 20.8. The molecular formula is C22H28N4O3. The first-order valence-electron chi connectivity index (χ1n) is 10.1. The maximum absolute atomic E-state index is 12.5. The number of amides is 2. The summed E-state index contributed by atoms with van der Waals surface area (Å²) in [5, 5.41) is 2.90. The van der Waals surface area contributed by atoms with Crippen molar-refractivity contribution in [2.24, 2.45) is 0 Å². The van der Waals surface area contributed by atoms with Crippen molar-refractivity contribution in [1.29, 1.82) is 0 Å². The van der Waals surface area contributed by atoms with E-state index in [-0.39, 0.29) is 12.0 Å². The number of ether oxygens (including phenoxy) is 1. The van der Waals surface area contributed by atoms with Gasteiger partial charge in [0.15, 0.2) is 0 Å². The Morgan fingerprint density at radius 2 is 1.72 bits per heavy atom. The smallest absolute Gasteiger partial charge is 0.338 e. The number of nitrogens with one attached hydrogen (secondary N) is 1. The van der Waals surface area contributed by atoms with Crippen molar-refractivity contribution >= 4 is 17.7 Å². The van der Waals surface area contributed by atoms with Crippen LogP contribution in [0.2, 0.25) is 0 Å². The van der Waals surface area contributed by atoms with Gasteiger partial charge in [0, 0.05) is 50.8 Å². The number of carbonyl (C=O) groups excluding carboxylic acids is 2. The highest BCUT2D eigenvalue weighted by molar-refractivity contribution is 5.92. The topological polar surface area (TPSA) is 74.8 Å². The number of unbranched alkanes of at least 4 members (excludes halogenated alkanes) is 1. The van der Waals surface area contributed by atoms with Gasteiger partial charge in [-0.05, 0) is 48.4 Å². The third-order valence-electron chi connectivity index (χ3n) is 4.92. The molecule has 2 aromatic rings. The van der Waals surface area contributed by atoms with E-state index in [0.29, 0.717) is 30.9 Å². The molecule has 1 aromatic carbocycles. The number of benzene rings is 1. The number of hydrogen-bond donors (Lipinski definition) is 1. The van der Waals surface area contributed by atoms with Gasteiger partial charge < -0.3 is 15.0 Å². The standard InChI is InChI=1S/C22H28N4O3/c1-2-3-16-29-21(27)19-4-6-20(7-5-19)24-22(28)26-14-12-25(13-15-26)17-18-8-10-23-11-9-18/h4-11H,2-3,12-17H2,1H3,(H,24,28). The summed E-state index contributed by atoms with van der Waals surface area (Å²) in [4.78, 5) is 32.6. The van der Waals surface area contributed by atoms with Crippen LogP contribution in [0.5, 0.6) is 0 Å². The molecule has 1 fully saturated rings. The van der Waals surface area contributed by atoms with E-state index in [9.17, 15) is 9.59 Å². The molecule has 7 nitrogen and oxygen atoms in total. The van der Waals surface area contributed by atoms with Crippen LogP contribution < -0.4 is 5.32 Å². The van der Waals surface area contributed by atoms with Crippen LogP contribution in [0.4, 0.5) is 10.5 Å². The van der Waals surface area contributed by atoms with Crippen molar-refractivity contribution in [3.05, 3.63) is 59.9 Å². The highest BCUT2D eigenvalue weighted by Crippen LogP contribution is 2.13. The largest absolute Gasteiger partial charge is 0.462 e. The number of piperazine rings is 1. The number of esters is 1. The van der Waals surface area contributed by atoms with Crippen LogP contribution in [-0.4, -0.2) is 59.6 Å². The minimum atomic E-state index is -0.332. The summed E-state index contributed by atoms with van der Waals surface area (Å²) in [5.74, 6) is -0.332. The highest BCUT2D eigenvalue weighted by atomic mass is 16.5. The Balaban J connectivity index is 1.44. The minimum absolute atomic E-state index is 0.119. The molecule has 0 aliphatic carbocycles. The molecule has 29 heavy (non-hydrogen) atoms. The van der Waals surface area contributed by atoms with Gasteiger partial charge in [-0.1, -0.05) is 13.3 Å². The molecular weight excluding hydrogens is 368 g/mol. The molecule has 2 heterocycles. The molecule has 2 amide bonds. The number of rotatable bonds is 7. The highest BCUT2D eigenvalue weighted by Gasteiger charge is 2.21. The average molecular weight is 396 g/mol. The normalized spacial score (nSPS) is 14.4. The Morgan fingerprint density at radius 1 is 1.03 bits per heavy atom. The van der Waals surface area contributed by atoms with Gasteiger partial charge in [0.05, 0.1) is 12.2 Å². The molecule has 3 rings (SSSR count). The summed E-state index contributed by atoms with van der Waals surface area (Å²) in [6, 6.07) is 10.7. The molecule has 0 radical (unpaired) electrons. The monoisotopic (exact) mass is 396 g/mol. The van der Waals surface area contributed by atoms with E-state index in [4.69, 9.17) is 4.74 Å². The third kappa shape index (κ3) is 6.29. The van der Waals surface area contributed by atoms with E-state index in [1.807, 2.05) is 24.0 Å². The molecule has 1 aliphatic heterocycles. The Labute approximate surface area is 171 Å². The van der Waals surface area contributed by atoms with Crippen molar-refractivity contribution < 1.29 is 14.3 Å². The maximum atomic E-state index is 12.5. The van der Waals surface area contributed by atoms with Gasteiger partial charge in [-0.15, -0.1) is 0 Å². The van der Waals surface area contributed by atoms with Crippen LogP contribution in [0.1, 0.15) is 35.7 Å². The summed E-state index contributed by atoms with van der Waals surface area (Å²) in [6.07, 6.45) is 5.44. The molecule has 1 saturated heterocycles. The SMILES string of the molecule is CCCCOC(=O)c1ccc(NC(=O)N2CCN(Cc3ccncc3)CC2)cc1. The molecule has 154 valence electrons. The molecule has 1 aliphatic rings. The number of anilines is 1. The number of urea groups is 1. The van der Waals surface area contributed by atoms with Crippen molar-refractivity contribution in [2.45, 2.75) is 26.3 Å². The lowest BCUT2D eigenvalue weighted by atomic mass is 10.2. The molecule has 1 N–H and O–H groups in total. The van der Waals surface area contributed by atoms with Crippen LogP contribution in [0.25, 0.3) is 0 Å². The van der Waals surface area contributed by atoms with Crippen molar-refractivity contribution in [2.75, 3.05) is 38.1 Å². The van der Waals surface area contributed by atoms with Crippen molar-refractivity contribution in [3.63, 3.8) is 0 Å². The second-order valence-electron chi connectivity index (χ2n) is 7.12. The first-order valence-corrected chi connectivity index (χ1v) is 10.1. The second-order valence-corrected chi connectivity index (χ2v) is 7.12. The van der Waals surface area contributed by atoms with Crippen LogP contribution in [0, 0.1) is 0 Å². The van der Waals surface area contributed by atoms with Gasteiger partial charge in [-0.25, -0.2) is 9.59 Å². The zero-order valence-corrected chi connectivity index (χ0v) is 16.8. The number of pyridine rings is 1. The van der Waals surface area contributed by atoms with Crippen molar-refractivity contribution in [3.8, 4) is 0 Å². The van der Waals surface area contributed by atoms with E-state index in [2.05, 4.69) is 15.2 Å². The van der Waals surface area contributed by atoms with Crippen LogP contribution >= 0.6 is 0 Å². The number of carbonyl (C=O) groups is 2. The quantitative estimate of drug-likeness (QED) is 0.574. The molecule has 0 spiro atoms. The Morgan fingerprint density at radius 3 is 2.38 bits per heavy atom. The fourth-order valence-corrected chi connectivity index (χ4v) is 3.14. The third-order valence-corrected chi connectivity index (χ3v) is 4.92. The van der Waals surface area contributed by atoms with Crippen LogP contribution in [0.3, 0.4) is 0 Å². The van der Waals surface area contributed by atoms with Crippen LogP contribution in [-0.2, 0) is 11.3 Å². The minimum Gasteiger partial charge on any atom is -0.462 e. The molecule has 0 bridgehead atoms. The average Bonchev–Trinajstić information content (AvgIpc) is 2.75. The van der Waals surface area contributed by atoms with Gasteiger partial charge in [0.25, 0.3) is 0 Å². The van der Waals surface area contributed by atoms with E-state index in [0.717, 1.165) is 32.5 Å². The number of aromatic nitrogens is 1. The predicted octanol–water partition coefficient (Wildman–Crippen LogP) is 3.39. The fraction of sp³-hybridized carbons (Fsp3) is 0.409. The van der Waals surface area contributed by atoms with Gasteiger partial charge in [-0.3, -0.25) is 9.88 Å². The lowest BCUT2D eigenvalue weighted by Crippen LogP contribution is -2.49. The van der Waals surface area contributed by atoms with Gasteiger partial charge in [0.2, 0.25) is 0 Å². The Kier molecular flexibility index (Phi) is 7.58. The fourth-order valence-electron chi connectivity index (χ4n) is 3.14. The number of nitrogens with zero attached hydrogens (tertiary/aromatic N) is 3. The van der Waals surface area contributed by atoms with E-state index in [1.165, 1.54) is 5.56 Å². The molecule has 1 aromatic heterocycles. The Hall–Kier alpha value is -2.93. The van der Waals surface area contributed by atoms with E-state index in [1.54, 1.807) is 36.7 Å². The van der Waals surface area contributed by atoms with E-state index < -0.39 is 0 Å². The maximum Gasteiger partial charge on any atom is 0.338 e. The van der Waals surface area contributed by atoms with Gasteiger partial charge >= 0.3 is 12.0 Å². The lowest BCUT2D eigenvalue weighted by molar-refractivity contribution is 0.0500.